The number of anilines is 2. The molecule has 35 heavy (non-hydrogen) atoms. The number of nitrogens with zero attached hydrogens (tertiary/aromatic N) is 3. The summed E-state index contributed by atoms with van der Waals surface area (Å²) < 4.78 is 5.41. The zero-order valence-corrected chi connectivity index (χ0v) is 21.0. The molecule has 1 saturated heterocycles. The molecule has 0 atom stereocenters. The van der Waals surface area contributed by atoms with E-state index in [2.05, 4.69) is 4.90 Å². The van der Waals surface area contributed by atoms with Crippen LogP contribution in [0.15, 0.2) is 80.5 Å². The van der Waals surface area contributed by atoms with E-state index in [4.69, 9.17) is 9.73 Å². The molecule has 0 aliphatic carbocycles. The molecular formula is C26H23N3O4S2. The quantitative estimate of drug-likeness (QED) is 0.422. The molecule has 0 radical (unpaired) electrons. The fraction of sp³-hybridized carbons (Fsp3) is 0.154. The first-order valence-corrected chi connectivity index (χ1v) is 12.6. The number of amides is 1. The van der Waals surface area contributed by atoms with Gasteiger partial charge in [-0.1, -0.05) is 11.8 Å². The average Bonchev–Trinajstić information content (AvgIpc) is 3.38. The third kappa shape index (κ3) is 4.21. The maximum atomic E-state index is 13.8. The number of methoxy groups -OCH3 is 1. The smallest absolute Gasteiger partial charge is 0.274 e. The van der Waals surface area contributed by atoms with Gasteiger partial charge in [0.2, 0.25) is 0 Å². The number of ether oxygens (including phenoxy) is 1. The summed E-state index contributed by atoms with van der Waals surface area (Å²) >= 11 is 2.87. The van der Waals surface area contributed by atoms with Crippen molar-refractivity contribution < 1.29 is 19.7 Å². The highest BCUT2D eigenvalue weighted by Crippen LogP contribution is 2.52. The van der Waals surface area contributed by atoms with Crippen LogP contribution in [0, 0.1) is 6.92 Å². The molecule has 7 nitrogen and oxygen atoms in total. The lowest BCUT2D eigenvalue weighted by molar-refractivity contribution is -0.113. The maximum Gasteiger partial charge on any atom is 0.274 e. The number of aryl methyl sites for hydroxylation is 1. The molecular weight excluding hydrogens is 482 g/mol. The second-order valence-electron chi connectivity index (χ2n) is 7.94. The normalized spacial score (nSPS) is 18.5. The summed E-state index contributed by atoms with van der Waals surface area (Å²) in [6.07, 6.45) is 0. The van der Waals surface area contributed by atoms with Gasteiger partial charge < -0.3 is 19.8 Å². The predicted molar refractivity (Wildman–Crippen MR) is 142 cm³/mol. The van der Waals surface area contributed by atoms with Crippen molar-refractivity contribution in [3.63, 3.8) is 0 Å². The number of aliphatic imine (C=N–C) groups is 1. The predicted octanol–water partition coefficient (Wildman–Crippen LogP) is 5.98. The summed E-state index contributed by atoms with van der Waals surface area (Å²) in [4.78, 5) is 23.9. The Morgan fingerprint density at radius 3 is 2.46 bits per heavy atom. The number of rotatable bonds is 4. The highest BCUT2D eigenvalue weighted by Gasteiger charge is 2.40. The second-order valence-corrected chi connectivity index (χ2v) is 9.95. The number of carbonyl (C=O) groups is 1. The Labute approximate surface area is 211 Å². The van der Waals surface area contributed by atoms with Crippen molar-refractivity contribution in [2.24, 2.45) is 4.99 Å². The lowest BCUT2D eigenvalue weighted by Gasteiger charge is -2.19. The van der Waals surface area contributed by atoms with Gasteiger partial charge in [-0.3, -0.25) is 9.69 Å². The molecule has 1 amide bonds. The van der Waals surface area contributed by atoms with E-state index in [0.29, 0.717) is 33.6 Å². The Morgan fingerprint density at radius 2 is 1.77 bits per heavy atom. The molecule has 9 heteroatoms. The van der Waals surface area contributed by atoms with Crippen LogP contribution in [0.2, 0.25) is 0 Å². The molecule has 3 aromatic rings. The van der Waals surface area contributed by atoms with Crippen LogP contribution in [0.3, 0.4) is 0 Å². The Morgan fingerprint density at radius 1 is 1.00 bits per heavy atom. The molecule has 2 N–H and O–H groups in total. The molecule has 178 valence electrons. The van der Waals surface area contributed by atoms with Gasteiger partial charge in [0.05, 0.1) is 24.2 Å². The minimum Gasteiger partial charge on any atom is -0.508 e. The number of hydrogen-bond acceptors (Lipinski definition) is 8. The summed E-state index contributed by atoms with van der Waals surface area (Å²) in [6.45, 7) is 4.53. The zero-order chi connectivity index (χ0) is 24.7. The molecule has 0 aromatic heterocycles. The van der Waals surface area contributed by atoms with Gasteiger partial charge in [0.15, 0.2) is 5.17 Å². The fourth-order valence-electron chi connectivity index (χ4n) is 3.90. The number of carbonyl (C=O) groups excluding carboxylic acids is 1. The molecule has 0 saturated carbocycles. The SMILES string of the molecule is CCN1/C(=C2/SC(=Nc3ccc(O)c(C)c3)N(c3ccc(O)cc3)C2=O)Sc2ccc(OC)cc21. The van der Waals surface area contributed by atoms with Gasteiger partial charge in [-0.25, -0.2) is 4.99 Å². The Balaban J connectivity index is 1.62. The molecule has 3 aromatic carbocycles. The van der Waals surface area contributed by atoms with E-state index in [1.54, 1.807) is 73.2 Å². The standard InChI is InChI=1S/C26H23N3O4S2/c1-4-28-20-14-19(33-3)10-12-22(20)34-25(28)23-24(32)29(17-6-8-18(30)9-7-17)26(35-23)27-16-5-11-21(31)15(2)13-16/h5-14,30-31H,4H2,1-3H3/b25-23-,27-26?. The molecule has 0 spiro atoms. The van der Waals surface area contributed by atoms with Gasteiger partial charge in [-0.05, 0) is 85.8 Å². The molecule has 0 bridgehead atoms. The molecule has 5 rings (SSSR count). The first kappa shape index (κ1) is 23.2. The highest BCUT2D eigenvalue weighted by atomic mass is 32.2. The Hall–Kier alpha value is -3.56. The number of amidine groups is 1. The minimum atomic E-state index is -0.185. The van der Waals surface area contributed by atoms with Crippen LogP contribution in [0.1, 0.15) is 12.5 Å². The van der Waals surface area contributed by atoms with E-state index in [0.717, 1.165) is 21.4 Å². The monoisotopic (exact) mass is 505 g/mol. The second kappa shape index (κ2) is 9.24. The third-order valence-corrected chi connectivity index (χ3v) is 8.05. The van der Waals surface area contributed by atoms with Crippen molar-refractivity contribution in [2.75, 3.05) is 23.5 Å². The van der Waals surface area contributed by atoms with Crippen molar-refractivity contribution in [1.29, 1.82) is 0 Å². The number of thioether (sulfide) groups is 2. The van der Waals surface area contributed by atoms with Crippen molar-refractivity contribution in [1.82, 2.24) is 0 Å². The van der Waals surface area contributed by atoms with Gasteiger partial charge in [-0.15, -0.1) is 0 Å². The van der Waals surface area contributed by atoms with Crippen molar-refractivity contribution >= 4 is 51.7 Å². The summed E-state index contributed by atoms with van der Waals surface area (Å²) in [5.74, 6) is 0.884. The van der Waals surface area contributed by atoms with Crippen LogP contribution in [-0.4, -0.2) is 34.9 Å². The maximum absolute atomic E-state index is 13.8. The van der Waals surface area contributed by atoms with Gasteiger partial charge in [0, 0.05) is 17.5 Å². The Kier molecular flexibility index (Phi) is 6.12. The van der Waals surface area contributed by atoms with Crippen LogP contribution < -0.4 is 14.5 Å². The number of aromatic hydroxyl groups is 2. The van der Waals surface area contributed by atoms with Crippen LogP contribution in [0.4, 0.5) is 17.1 Å². The molecule has 1 fully saturated rings. The lowest BCUT2D eigenvalue weighted by Crippen LogP contribution is -2.29. The van der Waals surface area contributed by atoms with Gasteiger partial charge in [0.1, 0.15) is 27.2 Å². The largest absolute Gasteiger partial charge is 0.508 e. The Bertz CT molecular complexity index is 1390. The molecule has 0 unspecified atom stereocenters. The van der Waals surface area contributed by atoms with Gasteiger partial charge in [0.25, 0.3) is 5.91 Å². The van der Waals surface area contributed by atoms with Crippen molar-refractivity contribution in [3.05, 3.63) is 76.2 Å². The van der Waals surface area contributed by atoms with Gasteiger partial charge in [-0.2, -0.15) is 0 Å². The van der Waals surface area contributed by atoms with E-state index < -0.39 is 0 Å². The van der Waals surface area contributed by atoms with Crippen LogP contribution in [0.5, 0.6) is 17.2 Å². The van der Waals surface area contributed by atoms with E-state index in [1.165, 1.54) is 11.8 Å². The molecule has 2 aliphatic rings. The number of benzene rings is 3. The van der Waals surface area contributed by atoms with Gasteiger partial charge >= 0.3 is 0 Å². The topological polar surface area (TPSA) is 85.6 Å². The van der Waals surface area contributed by atoms with E-state index in [-0.39, 0.29) is 17.4 Å². The molecule has 2 heterocycles. The van der Waals surface area contributed by atoms with E-state index >= 15 is 0 Å². The van der Waals surface area contributed by atoms with Crippen LogP contribution in [0.25, 0.3) is 0 Å². The summed E-state index contributed by atoms with van der Waals surface area (Å²) in [7, 11) is 1.64. The first-order valence-electron chi connectivity index (χ1n) is 11.0. The zero-order valence-electron chi connectivity index (χ0n) is 19.3. The van der Waals surface area contributed by atoms with Crippen LogP contribution >= 0.6 is 23.5 Å². The summed E-state index contributed by atoms with van der Waals surface area (Å²) in [5.41, 5.74) is 2.94. The first-order chi connectivity index (χ1) is 16.9. The number of hydrogen-bond donors (Lipinski definition) is 2. The number of fused-ring (bicyclic) bond motifs is 1. The lowest BCUT2D eigenvalue weighted by atomic mass is 10.2. The number of phenols is 2. The van der Waals surface area contributed by atoms with E-state index in [9.17, 15) is 15.0 Å². The van der Waals surface area contributed by atoms with Crippen LogP contribution in [-0.2, 0) is 4.79 Å². The fourth-order valence-corrected chi connectivity index (χ4v) is 6.27. The third-order valence-electron chi connectivity index (χ3n) is 5.71. The summed E-state index contributed by atoms with van der Waals surface area (Å²) in [6, 6.07) is 17.5. The summed E-state index contributed by atoms with van der Waals surface area (Å²) in [5, 5.41) is 21.0. The van der Waals surface area contributed by atoms with Crippen molar-refractivity contribution in [2.45, 2.75) is 18.7 Å². The number of phenolic OH excluding ortho intramolecular Hbond substituents is 2. The van der Waals surface area contributed by atoms with Crippen molar-refractivity contribution in [3.8, 4) is 17.2 Å². The average molecular weight is 506 g/mol. The highest BCUT2D eigenvalue weighted by molar-refractivity contribution is 8.20. The molecule has 2 aliphatic heterocycles. The van der Waals surface area contributed by atoms with E-state index in [1.807, 2.05) is 25.1 Å². The minimum absolute atomic E-state index is 0.118.